The van der Waals surface area contributed by atoms with Gasteiger partial charge in [0.05, 0.1) is 45.4 Å². The number of sulfone groups is 1. The summed E-state index contributed by atoms with van der Waals surface area (Å²) >= 11 is 5.86. The molecule has 0 amide bonds. The molecule has 2 aromatic carbocycles. The second-order valence-electron chi connectivity index (χ2n) is 7.76. The fraction of sp³-hybridized carbons (Fsp3) is 0.185. The highest BCUT2D eigenvalue weighted by Gasteiger charge is 2.15. The van der Waals surface area contributed by atoms with Crippen molar-refractivity contribution >= 4 is 39.1 Å². The molecule has 0 saturated carbocycles. The number of ketones is 1. The molecular formula is C27H27ClN2O7S. The van der Waals surface area contributed by atoms with Crippen LogP contribution in [0.2, 0.25) is 5.02 Å². The third-order valence-corrected chi connectivity index (χ3v) is 6.76. The molecule has 3 aromatic rings. The summed E-state index contributed by atoms with van der Waals surface area (Å²) < 4.78 is 47.0. The van der Waals surface area contributed by atoms with Crippen LogP contribution in [-0.4, -0.2) is 47.6 Å². The number of nitrogens with zero attached hydrogens (tertiary/aromatic N) is 1. The molecule has 1 aromatic heterocycles. The van der Waals surface area contributed by atoms with Crippen LogP contribution in [0.25, 0.3) is 6.08 Å². The third-order valence-electron chi connectivity index (χ3n) is 5.26. The number of ether oxygens (including phenoxy) is 4. The van der Waals surface area contributed by atoms with Gasteiger partial charge >= 0.3 is 0 Å². The van der Waals surface area contributed by atoms with E-state index in [2.05, 4.69) is 10.3 Å². The smallest absolute Gasteiger partial charge is 0.187 e. The van der Waals surface area contributed by atoms with E-state index in [1.165, 1.54) is 46.8 Å². The second kappa shape index (κ2) is 13.0. The van der Waals surface area contributed by atoms with Crippen LogP contribution in [0, 0.1) is 0 Å². The van der Waals surface area contributed by atoms with Gasteiger partial charge in [-0.2, -0.15) is 0 Å². The van der Waals surface area contributed by atoms with Gasteiger partial charge in [0.15, 0.2) is 27.2 Å². The maximum absolute atomic E-state index is 12.9. The fourth-order valence-corrected chi connectivity index (χ4v) is 4.50. The van der Waals surface area contributed by atoms with E-state index in [0.29, 0.717) is 39.1 Å². The molecule has 0 aliphatic heterocycles. The van der Waals surface area contributed by atoms with E-state index in [4.69, 9.17) is 30.5 Å². The normalized spacial score (nSPS) is 11.5. The van der Waals surface area contributed by atoms with Crippen LogP contribution >= 0.6 is 11.6 Å². The zero-order valence-corrected chi connectivity index (χ0v) is 22.8. The van der Waals surface area contributed by atoms with Crippen molar-refractivity contribution in [2.45, 2.75) is 5.75 Å². The molecule has 0 unspecified atom stereocenters. The monoisotopic (exact) mass is 558 g/mol. The number of pyridine rings is 1. The van der Waals surface area contributed by atoms with Crippen molar-refractivity contribution in [3.05, 3.63) is 88.1 Å². The number of nitrogens with one attached hydrogen (secondary N) is 1. The van der Waals surface area contributed by atoms with Gasteiger partial charge in [0.1, 0.15) is 17.2 Å². The molecule has 0 bridgehead atoms. The van der Waals surface area contributed by atoms with Crippen LogP contribution in [0.3, 0.4) is 0 Å². The molecular weight excluding hydrogens is 532 g/mol. The highest BCUT2D eigenvalue weighted by molar-refractivity contribution is 7.93. The molecule has 0 radical (unpaired) electrons. The van der Waals surface area contributed by atoms with E-state index in [9.17, 15) is 13.2 Å². The summed E-state index contributed by atoms with van der Waals surface area (Å²) in [5, 5.41) is 4.48. The Bertz CT molecular complexity index is 1430. The average molecular weight is 559 g/mol. The van der Waals surface area contributed by atoms with Crippen LogP contribution in [0.15, 0.2) is 66.2 Å². The predicted octanol–water partition coefficient (Wildman–Crippen LogP) is 5.16. The molecule has 0 saturated heterocycles. The van der Waals surface area contributed by atoms with Gasteiger partial charge in [-0.3, -0.25) is 4.79 Å². The molecule has 11 heteroatoms. The number of halogens is 1. The van der Waals surface area contributed by atoms with Crippen molar-refractivity contribution < 1.29 is 32.2 Å². The lowest BCUT2D eigenvalue weighted by Gasteiger charge is -2.12. The van der Waals surface area contributed by atoms with Crippen molar-refractivity contribution in [3.8, 4) is 23.0 Å². The van der Waals surface area contributed by atoms with Gasteiger partial charge in [0.25, 0.3) is 0 Å². The number of rotatable bonds is 12. The van der Waals surface area contributed by atoms with Crippen LogP contribution < -0.4 is 24.3 Å². The van der Waals surface area contributed by atoms with Crippen molar-refractivity contribution in [3.63, 3.8) is 0 Å². The Labute approximate surface area is 226 Å². The highest BCUT2D eigenvalue weighted by atomic mass is 35.5. The second-order valence-corrected chi connectivity index (χ2v) is 10.1. The van der Waals surface area contributed by atoms with Gasteiger partial charge < -0.3 is 24.3 Å². The van der Waals surface area contributed by atoms with Gasteiger partial charge in [-0.1, -0.05) is 11.6 Å². The number of hydrogen-bond donors (Lipinski definition) is 1. The van der Waals surface area contributed by atoms with E-state index in [0.717, 1.165) is 5.41 Å². The van der Waals surface area contributed by atoms with Gasteiger partial charge in [-0.05, 0) is 42.5 Å². The van der Waals surface area contributed by atoms with Crippen molar-refractivity contribution in [2.75, 3.05) is 33.8 Å². The number of hydrogen-bond acceptors (Lipinski definition) is 9. The molecule has 200 valence electrons. The highest BCUT2D eigenvalue weighted by Crippen LogP contribution is 2.35. The van der Waals surface area contributed by atoms with E-state index in [-0.39, 0.29) is 23.0 Å². The lowest BCUT2D eigenvalue weighted by atomic mass is 10.1. The van der Waals surface area contributed by atoms with Gasteiger partial charge in [0.2, 0.25) is 0 Å². The Morgan fingerprint density at radius 2 is 1.55 bits per heavy atom. The zero-order chi connectivity index (χ0) is 27.7. The standard InChI is InChI=1S/C27H27ClN2O7S/c1-34-21-15-25(36-3)22(26(16-21)37-4)12-14-38(32,33)17-20-9-10-24(35-2)27(30-20)29-13-11-23(31)18-5-7-19(28)8-6-18/h5-16H,17H2,1-4H3,(H,29,30)/b13-11-,14-12+. The molecule has 9 nitrogen and oxygen atoms in total. The third kappa shape index (κ3) is 7.50. The first kappa shape index (κ1) is 28.5. The summed E-state index contributed by atoms with van der Waals surface area (Å²) in [7, 11) is 2.15. The van der Waals surface area contributed by atoms with Gasteiger partial charge in [-0.25, -0.2) is 13.4 Å². The summed E-state index contributed by atoms with van der Waals surface area (Å²) in [6, 6.07) is 12.9. The first-order chi connectivity index (χ1) is 18.2. The number of anilines is 1. The topological polar surface area (TPSA) is 113 Å². The SMILES string of the molecule is COc1cc(OC)c(/C=C/S(=O)(=O)Cc2ccc(OC)c(N/C=C\C(=O)c3ccc(Cl)cc3)n2)c(OC)c1. The summed E-state index contributed by atoms with van der Waals surface area (Å²) in [6.07, 6.45) is 4.13. The number of benzene rings is 2. The van der Waals surface area contributed by atoms with Crippen LogP contribution in [0.1, 0.15) is 21.6 Å². The number of aromatic nitrogens is 1. The summed E-state index contributed by atoms with van der Waals surface area (Å²) in [4.78, 5) is 16.7. The quantitative estimate of drug-likeness (QED) is 0.238. The maximum atomic E-state index is 12.9. The first-order valence-corrected chi connectivity index (χ1v) is 13.3. The number of carbonyl (C=O) groups excluding carboxylic acids is 1. The zero-order valence-electron chi connectivity index (χ0n) is 21.2. The molecule has 1 N–H and O–H groups in total. The lowest BCUT2D eigenvalue weighted by Crippen LogP contribution is -2.05. The predicted molar refractivity (Wildman–Crippen MR) is 147 cm³/mol. The van der Waals surface area contributed by atoms with Gasteiger partial charge in [-0.15, -0.1) is 0 Å². The van der Waals surface area contributed by atoms with Crippen molar-refractivity contribution in [1.29, 1.82) is 0 Å². The van der Waals surface area contributed by atoms with E-state index >= 15 is 0 Å². The molecule has 3 rings (SSSR count). The van der Waals surface area contributed by atoms with Crippen LogP contribution in [0.5, 0.6) is 23.0 Å². The van der Waals surface area contributed by atoms with Crippen molar-refractivity contribution in [2.24, 2.45) is 0 Å². The molecule has 38 heavy (non-hydrogen) atoms. The molecule has 0 fully saturated rings. The number of carbonyl (C=O) groups is 1. The summed E-state index contributed by atoms with van der Waals surface area (Å²) in [5.74, 6) is 1.28. The minimum absolute atomic E-state index is 0.249. The Balaban J connectivity index is 1.78. The lowest BCUT2D eigenvalue weighted by molar-refractivity contribution is 0.104. The van der Waals surface area contributed by atoms with E-state index < -0.39 is 9.84 Å². The van der Waals surface area contributed by atoms with E-state index in [1.807, 2.05) is 0 Å². The Kier molecular flexibility index (Phi) is 9.75. The first-order valence-electron chi connectivity index (χ1n) is 11.2. The molecule has 0 aliphatic rings. The van der Waals surface area contributed by atoms with Crippen LogP contribution in [0.4, 0.5) is 5.82 Å². The van der Waals surface area contributed by atoms with Gasteiger partial charge in [0, 0.05) is 40.4 Å². The van der Waals surface area contributed by atoms with E-state index in [1.54, 1.807) is 48.5 Å². The molecule has 0 spiro atoms. The van der Waals surface area contributed by atoms with Crippen molar-refractivity contribution in [1.82, 2.24) is 4.98 Å². The largest absolute Gasteiger partial charge is 0.496 e. The summed E-state index contributed by atoms with van der Waals surface area (Å²) in [6.45, 7) is 0. The molecule has 0 aliphatic carbocycles. The Hall–Kier alpha value is -4.02. The molecule has 0 atom stereocenters. The molecule has 1 heterocycles. The minimum atomic E-state index is -3.75. The summed E-state index contributed by atoms with van der Waals surface area (Å²) in [5.41, 5.74) is 1.17. The number of allylic oxidation sites excluding steroid dienone is 1. The maximum Gasteiger partial charge on any atom is 0.187 e. The Morgan fingerprint density at radius 3 is 2.13 bits per heavy atom. The van der Waals surface area contributed by atoms with Crippen LogP contribution in [-0.2, 0) is 15.6 Å². The average Bonchev–Trinajstić information content (AvgIpc) is 2.91. The Morgan fingerprint density at radius 1 is 0.921 bits per heavy atom. The minimum Gasteiger partial charge on any atom is -0.496 e. The number of methoxy groups -OCH3 is 4. The fourth-order valence-electron chi connectivity index (χ4n) is 3.36.